The molecule has 2 N–H and O–H groups in total. The molecule has 2 aliphatic heterocycles. The zero-order valence-electron chi connectivity index (χ0n) is 26.4. The third-order valence-electron chi connectivity index (χ3n) is 10.2. The van der Waals surface area contributed by atoms with Gasteiger partial charge in [0.2, 0.25) is 11.8 Å². The average Bonchev–Trinajstić information content (AvgIpc) is 3.84. The van der Waals surface area contributed by atoms with Crippen LogP contribution in [0.5, 0.6) is 5.75 Å². The summed E-state index contributed by atoms with van der Waals surface area (Å²) in [5.41, 5.74) is 2.26. The van der Waals surface area contributed by atoms with E-state index in [0.717, 1.165) is 42.2 Å². The summed E-state index contributed by atoms with van der Waals surface area (Å²) in [6.45, 7) is 1.72. The number of benzene rings is 3. The standard InChI is InChI=1S/C36H29Br2N3O7S2/c1-2-47-35(45)16-3-8-19(9-4-16)39-25(42)15-48-24-12-7-18(38)13-21(24)26-27-22-14-23(30(27)49-32-31(26)50-36(46)40-32)29-28(22)33(43)41(34(29)44)20-10-5-17(37)6-11-20/h3-13,22-23,26-30H,2,14-15H2,1H3,(H,39,42)(H,40,46)/t22-,23-,26-,27?,28?,29?,30?/m1/s1. The number of thioether (sulfide) groups is 1. The van der Waals surface area contributed by atoms with Crippen molar-refractivity contribution in [3.8, 4) is 5.75 Å². The van der Waals surface area contributed by atoms with Gasteiger partial charge in [0.05, 0.1) is 34.7 Å². The van der Waals surface area contributed by atoms with Crippen molar-refractivity contribution in [2.45, 2.75) is 29.5 Å². The first kappa shape index (κ1) is 33.4. The normalized spacial score (nSPS) is 26.0. The number of carbonyl (C=O) groups is 4. The van der Waals surface area contributed by atoms with Crippen molar-refractivity contribution in [3.63, 3.8) is 0 Å². The largest absolute Gasteiger partial charge is 0.483 e. The van der Waals surface area contributed by atoms with Gasteiger partial charge in [-0.25, -0.2) is 4.79 Å². The number of amides is 3. The second-order valence-corrected chi connectivity index (χ2v) is 16.8. The smallest absolute Gasteiger partial charge is 0.338 e. The number of H-pyrrole nitrogens is 1. The fourth-order valence-electron chi connectivity index (χ4n) is 8.35. The molecule has 50 heavy (non-hydrogen) atoms. The van der Waals surface area contributed by atoms with Crippen molar-refractivity contribution in [1.82, 2.24) is 4.98 Å². The first-order valence-electron chi connectivity index (χ1n) is 16.1. The number of fused-ring (bicyclic) bond motifs is 9. The quantitative estimate of drug-likeness (QED) is 0.146. The second-order valence-electron chi connectivity index (χ2n) is 12.8. The van der Waals surface area contributed by atoms with Crippen molar-refractivity contribution in [3.05, 3.63) is 101 Å². The van der Waals surface area contributed by atoms with Crippen LogP contribution in [0.25, 0.3) is 0 Å². The Morgan fingerprint density at radius 1 is 0.940 bits per heavy atom. The number of hydrogen-bond donors (Lipinski definition) is 2. The topological polar surface area (TPSA) is 135 Å². The first-order chi connectivity index (χ1) is 24.1. The van der Waals surface area contributed by atoms with Crippen molar-refractivity contribution in [2.24, 2.45) is 29.6 Å². The van der Waals surface area contributed by atoms with E-state index >= 15 is 0 Å². The molecule has 14 heteroatoms. The van der Waals surface area contributed by atoms with Crippen molar-refractivity contribution < 1.29 is 28.7 Å². The fourth-order valence-corrected chi connectivity index (χ4v) is 11.9. The SMILES string of the molecule is CCOC(=O)c1ccc(NC(=O)COc2ccc(Br)cc2[C@H]2c3sc(=O)[nH]c3SC3C2[C@H]2C[C@@H]3C3C(=O)N(c4ccc(Br)cc4)C(=O)C32)cc1. The van der Waals surface area contributed by atoms with Crippen LogP contribution in [0.3, 0.4) is 0 Å². The molecule has 4 aromatic rings. The van der Waals surface area contributed by atoms with E-state index in [4.69, 9.17) is 9.47 Å². The lowest BCUT2D eigenvalue weighted by molar-refractivity contribution is -0.123. The molecule has 3 aromatic carbocycles. The molecule has 3 amide bonds. The maximum atomic E-state index is 14.1. The van der Waals surface area contributed by atoms with E-state index in [0.29, 0.717) is 22.7 Å². The predicted octanol–water partition coefficient (Wildman–Crippen LogP) is 6.83. The lowest BCUT2D eigenvalue weighted by Gasteiger charge is -2.43. The van der Waals surface area contributed by atoms with Gasteiger partial charge in [-0.05, 0) is 97.8 Å². The Morgan fingerprint density at radius 2 is 1.64 bits per heavy atom. The predicted molar refractivity (Wildman–Crippen MR) is 196 cm³/mol. The molecule has 2 aliphatic carbocycles. The van der Waals surface area contributed by atoms with Gasteiger partial charge in [0, 0.05) is 36.2 Å². The number of nitrogens with one attached hydrogen (secondary N) is 2. The van der Waals surface area contributed by atoms with Gasteiger partial charge in [0.15, 0.2) is 6.61 Å². The summed E-state index contributed by atoms with van der Waals surface area (Å²) in [4.78, 5) is 71.0. The number of nitrogens with zero attached hydrogens (tertiary/aromatic N) is 1. The summed E-state index contributed by atoms with van der Waals surface area (Å²) in [6, 6.07) is 19.3. The van der Waals surface area contributed by atoms with Crippen LogP contribution in [0.1, 0.15) is 40.1 Å². The van der Waals surface area contributed by atoms with E-state index < -0.39 is 23.7 Å². The van der Waals surface area contributed by atoms with Crippen LogP contribution in [0, 0.1) is 29.6 Å². The minimum atomic E-state index is -0.449. The average molecular weight is 840 g/mol. The third-order valence-corrected chi connectivity index (χ3v) is 13.8. The number of carbonyl (C=O) groups excluding carboxylic acids is 4. The van der Waals surface area contributed by atoms with Gasteiger partial charge in [-0.15, -0.1) is 11.8 Å². The second kappa shape index (κ2) is 13.1. The summed E-state index contributed by atoms with van der Waals surface area (Å²) in [5.74, 6) is -1.97. The molecule has 256 valence electrons. The molecule has 4 aliphatic rings. The summed E-state index contributed by atoms with van der Waals surface area (Å²) < 4.78 is 12.9. The Labute approximate surface area is 311 Å². The van der Waals surface area contributed by atoms with Crippen LogP contribution in [0.2, 0.25) is 0 Å². The highest BCUT2D eigenvalue weighted by atomic mass is 79.9. The molecule has 2 saturated carbocycles. The highest BCUT2D eigenvalue weighted by Gasteiger charge is 2.69. The molecular weight excluding hydrogens is 810 g/mol. The number of hydrogen-bond acceptors (Lipinski definition) is 9. The van der Waals surface area contributed by atoms with Gasteiger partial charge in [0.25, 0.3) is 5.91 Å². The van der Waals surface area contributed by atoms with E-state index in [1.165, 1.54) is 4.90 Å². The van der Waals surface area contributed by atoms with Crippen LogP contribution >= 0.6 is 55.0 Å². The zero-order chi connectivity index (χ0) is 34.8. The van der Waals surface area contributed by atoms with Gasteiger partial charge < -0.3 is 19.8 Å². The highest BCUT2D eigenvalue weighted by molar-refractivity contribution is 9.10. The van der Waals surface area contributed by atoms with Crippen LogP contribution < -0.4 is 19.8 Å². The molecule has 0 radical (unpaired) electrons. The summed E-state index contributed by atoms with van der Waals surface area (Å²) in [5, 5.41) is 3.59. The molecule has 1 aromatic heterocycles. The molecule has 7 atom stereocenters. The number of aromatic amines is 1. The molecule has 2 bridgehead atoms. The van der Waals surface area contributed by atoms with E-state index in [-0.39, 0.29) is 58.8 Å². The van der Waals surface area contributed by atoms with Crippen molar-refractivity contribution >= 4 is 90.0 Å². The number of rotatable bonds is 8. The highest BCUT2D eigenvalue weighted by Crippen LogP contribution is 2.69. The Hall–Kier alpha value is -3.72. The van der Waals surface area contributed by atoms with Gasteiger partial charge >= 0.3 is 10.8 Å². The van der Waals surface area contributed by atoms with Crippen molar-refractivity contribution in [2.75, 3.05) is 23.4 Å². The number of imide groups is 1. The maximum absolute atomic E-state index is 14.1. The first-order valence-corrected chi connectivity index (χ1v) is 19.4. The van der Waals surface area contributed by atoms with Crippen LogP contribution in [-0.2, 0) is 19.1 Å². The van der Waals surface area contributed by atoms with Crippen LogP contribution in [-0.4, -0.2) is 47.1 Å². The molecule has 1 saturated heterocycles. The molecule has 0 spiro atoms. The fraction of sp³-hybridized carbons (Fsp3) is 0.306. The number of anilines is 2. The van der Waals surface area contributed by atoms with Gasteiger partial charge in [-0.1, -0.05) is 43.2 Å². The minimum absolute atomic E-state index is 0.00155. The molecule has 3 heterocycles. The Balaban J connectivity index is 1.08. The molecule has 3 fully saturated rings. The van der Waals surface area contributed by atoms with Crippen LogP contribution in [0.15, 0.2) is 85.5 Å². The number of aromatic nitrogens is 1. The molecular formula is C36H29Br2N3O7S2. The van der Waals surface area contributed by atoms with E-state index in [1.54, 1.807) is 55.1 Å². The lowest BCUT2D eigenvalue weighted by Crippen LogP contribution is -2.42. The monoisotopic (exact) mass is 837 g/mol. The van der Waals surface area contributed by atoms with E-state index in [1.807, 2.05) is 30.3 Å². The number of halogens is 2. The maximum Gasteiger partial charge on any atom is 0.338 e. The molecule has 10 nitrogen and oxygen atoms in total. The summed E-state index contributed by atoms with van der Waals surface area (Å²) in [7, 11) is 0. The number of ether oxygens (including phenoxy) is 2. The third kappa shape index (κ3) is 5.64. The van der Waals surface area contributed by atoms with Crippen LogP contribution in [0.4, 0.5) is 11.4 Å². The number of esters is 1. The van der Waals surface area contributed by atoms with Crippen molar-refractivity contribution in [1.29, 1.82) is 0 Å². The van der Waals surface area contributed by atoms with Gasteiger partial charge in [-0.2, -0.15) is 0 Å². The Kier molecular flexibility index (Phi) is 8.77. The Morgan fingerprint density at radius 3 is 2.36 bits per heavy atom. The van der Waals surface area contributed by atoms with Gasteiger partial charge in [0.1, 0.15) is 5.75 Å². The summed E-state index contributed by atoms with van der Waals surface area (Å²) in [6.07, 6.45) is 0.751. The lowest BCUT2D eigenvalue weighted by atomic mass is 9.68. The van der Waals surface area contributed by atoms with E-state index in [9.17, 15) is 24.0 Å². The molecule has 8 rings (SSSR count). The zero-order valence-corrected chi connectivity index (χ0v) is 31.2. The minimum Gasteiger partial charge on any atom is -0.483 e. The van der Waals surface area contributed by atoms with E-state index in [2.05, 4.69) is 42.2 Å². The van der Waals surface area contributed by atoms with Gasteiger partial charge in [-0.3, -0.25) is 24.1 Å². The number of thiazole rings is 1. The molecule has 4 unspecified atom stereocenters. The summed E-state index contributed by atoms with van der Waals surface area (Å²) >= 11 is 9.84. The Bertz CT molecular complexity index is 2100.